The predicted molar refractivity (Wildman–Crippen MR) is 106 cm³/mol. The Hall–Kier alpha value is -1.61. The molecule has 7 heteroatoms. The predicted octanol–water partition coefficient (Wildman–Crippen LogP) is 3.13. The molecule has 0 aliphatic rings. The van der Waals surface area contributed by atoms with Gasteiger partial charge in [0.05, 0.1) is 12.6 Å². The molecule has 1 aromatic carbocycles. The fourth-order valence-electron chi connectivity index (χ4n) is 2.08. The van der Waals surface area contributed by atoms with Crippen LogP contribution in [-0.4, -0.2) is 31.3 Å². The van der Waals surface area contributed by atoms with Crippen LogP contribution in [0.15, 0.2) is 52.2 Å². The van der Waals surface area contributed by atoms with E-state index in [1.54, 1.807) is 13.3 Å². The summed E-state index contributed by atoms with van der Waals surface area (Å²) in [6, 6.07) is 12.1. The topological polar surface area (TPSA) is 71.7 Å². The van der Waals surface area contributed by atoms with Gasteiger partial charge in [-0.3, -0.25) is 4.99 Å². The molecule has 2 aromatic rings. The van der Waals surface area contributed by atoms with Crippen LogP contribution in [0.2, 0.25) is 0 Å². The number of nitrogens with zero attached hydrogens (tertiary/aromatic N) is 2. The number of hydrogen-bond donors (Lipinski definition) is 2. The van der Waals surface area contributed by atoms with E-state index < -0.39 is 0 Å². The molecule has 2 N–H and O–H groups in total. The summed E-state index contributed by atoms with van der Waals surface area (Å²) in [5.74, 6) is 0.740. The number of benzene rings is 1. The Balaban J connectivity index is 0.00000288. The summed E-state index contributed by atoms with van der Waals surface area (Å²) in [6.45, 7) is 4.14. The molecule has 0 fully saturated rings. The van der Waals surface area contributed by atoms with E-state index in [1.807, 2.05) is 24.3 Å². The molecule has 6 nitrogen and oxygen atoms in total. The second-order valence-corrected chi connectivity index (χ2v) is 5.12. The maximum Gasteiger partial charge on any atom is 0.191 e. The molecule has 1 heterocycles. The summed E-state index contributed by atoms with van der Waals surface area (Å²) < 4.78 is 10.6. The van der Waals surface area contributed by atoms with Crippen molar-refractivity contribution in [1.82, 2.24) is 15.8 Å². The standard InChI is InChI=1S/C17H24N4O2.HI/c1-14(15-7-4-3-5-8-15)22-11-6-10-19-17(18-2)20-13-16-9-12-23-21-16;/h3-5,7-9,12,14H,6,10-11,13H2,1-2H3,(H2,18,19,20);1H. The summed E-state index contributed by atoms with van der Waals surface area (Å²) in [4.78, 5) is 4.16. The molecule has 1 atom stereocenters. The summed E-state index contributed by atoms with van der Waals surface area (Å²) in [7, 11) is 1.74. The van der Waals surface area contributed by atoms with Gasteiger partial charge in [-0.2, -0.15) is 0 Å². The molecule has 0 saturated carbocycles. The highest BCUT2D eigenvalue weighted by atomic mass is 127. The molecule has 132 valence electrons. The summed E-state index contributed by atoms with van der Waals surface area (Å²) in [5, 5.41) is 10.3. The SMILES string of the molecule is CN=C(NCCCOC(C)c1ccccc1)NCc1ccon1.I. The van der Waals surface area contributed by atoms with Crippen LogP contribution in [0.5, 0.6) is 0 Å². The van der Waals surface area contributed by atoms with Crippen LogP contribution < -0.4 is 10.6 Å². The van der Waals surface area contributed by atoms with Gasteiger partial charge in [-0.15, -0.1) is 24.0 Å². The Morgan fingerprint density at radius 2 is 2.04 bits per heavy atom. The lowest BCUT2D eigenvalue weighted by molar-refractivity contribution is 0.0646. The first-order valence-corrected chi connectivity index (χ1v) is 7.80. The lowest BCUT2D eigenvalue weighted by Gasteiger charge is -2.14. The van der Waals surface area contributed by atoms with Crippen molar-refractivity contribution in [3.05, 3.63) is 53.9 Å². The molecular weight excluding hydrogens is 419 g/mol. The fourth-order valence-corrected chi connectivity index (χ4v) is 2.08. The minimum Gasteiger partial charge on any atom is -0.374 e. The highest BCUT2D eigenvalue weighted by Gasteiger charge is 2.04. The van der Waals surface area contributed by atoms with Gasteiger partial charge in [0.1, 0.15) is 12.0 Å². The molecule has 2 rings (SSSR count). The number of ether oxygens (including phenoxy) is 1. The largest absolute Gasteiger partial charge is 0.374 e. The van der Waals surface area contributed by atoms with Crippen molar-refractivity contribution < 1.29 is 9.26 Å². The van der Waals surface area contributed by atoms with E-state index in [1.165, 1.54) is 5.56 Å². The van der Waals surface area contributed by atoms with Crippen molar-refractivity contribution in [2.75, 3.05) is 20.2 Å². The van der Waals surface area contributed by atoms with E-state index in [4.69, 9.17) is 9.26 Å². The minimum absolute atomic E-state index is 0. The van der Waals surface area contributed by atoms with Crippen LogP contribution in [-0.2, 0) is 11.3 Å². The minimum atomic E-state index is 0. The van der Waals surface area contributed by atoms with Gasteiger partial charge in [0.15, 0.2) is 5.96 Å². The maximum atomic E-state index is 5.84. The average molecular weight is 444 g/mol. The summed E-state index contributed by atoms with van der Waals surface area (Å²) in [5.41, 5.74) is 2.04. The number of aliphatic imine (C=N–C) groups is 1. The Labute approximate surface area is 160 Å². The molecule has 0 saturated heterocycles. The normalized spacial score (nSPS) is 12.3. The van der Waals surface area contributed by atoms with Crippen molar-refractivity contribution in [1.29, 1.82) is 0 Å². The van der Waals surface area contributed by atoms with Gasteiger partial charge in [-0.25, -0.2) is 0 Å². The molecule has 0 spiro atoms. The quantitative estimate of drug-likeness (QED) is 0.283. The lowest BCUT2D eigenvalue weighted by Crippen LogP contribution is -2.37. The zero-order valence-electron chi connectivity index (χ0n) is 14.1. The first-order chi connectivity index (χ1) is 11.3. The number of halogens is 1. The molecular formula is C17H25IN4O2. The Kier molecular flexibility index (Phi) is 10.1. The Bertz CT molecular complexity index is 576. The molecule has 0 aliphatic carbocycles. The van der Waals surface area contributed by atoms with Crippen LogP contribution in [0, 0.1) is 0 Å². The summed E-state index contributed by atoms with van der Waals surface area (Å²) in [6.07, 6.45) is 2.57. The van der Waals surface area contributed by atoms with E-state index >= 15 is 0 Å². The fraction of sp³-hybridized carbons (Fsp3) is 0.412. The summed E-state index contributed by atoms with van der Waals surface area (Å²) >= 11 is 0. The van der Waals surface area contributed by atoms with Crippen molar-refractivity contribution in [3.8, 4) is 0 Å². The number of hydrogen-bond acceptors (Lipinski definition) is 4. The van der Waals surface area contributed by atoms with E-state index in [2.05, 4.69) is 39.8 Å². The van der Waals surface area contributed by atoms with E-state index in [0.717, 1.165) is 24.6 Å². The van der Waals surface area contributed by atoms with Crippen LogP contribution in [0.4, 0.5) is 0 Å². The Morgan fingerprint density at radius 3 is 2.71 bits per heavy atom. The molecule has 0 radical (unpaired) electrons. The zero-order valence-corrected chi connectivity index (χ0v) is 16.4. The van der Waals surface area contributed by atoms with Crippen molar-refractivity contribution in [3.63, 3.8) is 0 Å². The Morgan fingerprint density at radius 1 is 1.25 bits per heavy atom. The molecule has 0 amide bonds. The third kappa shape index (κ3) is 7.31. The second kappa shape index (κ2) is 11.9. The third-order valence-corrected chi connectivity index (χ3v) is 3.40. The van der Waals surface area contributed by atoms with Crippen LogP contribution in [0.3, 0.4) is 0 Å². The van der Waals surface area contributed by atoms with E-state index in [0.29, 0.717) is 13.2 Å². The highest BCUT2D eigenvalue weighted by molar-refractivity contribution is 14.0. The van der Waals surface area contributed by atoms with Crippen molar-refractivity contribution >= 4 is 29.9 Å². The number of guanidine groups is 1. The van der Waals surface area contributed by atoms with Gasteiger partial charge in [-0.05, 0) is 18.9 Å². The monoisotopic (exact) mass is 444 g/mol. The molecule has 1 aromatic heterocycles. The van der Waals surface area contributed by atoms with Gasteiger partial charge in [0.2, 0.25) is 0 Å². The first-order valence-electron chi connectivity index (χ1n) is 7.80. The highest BCUT2D eigenvalue weighted by Crippen LogP contribution is 2.15. The molecule has 0 aliphatic heterocycles. The maximum absolute atomic E-state index is 5.84. The van der Waals surface area contributed by atoms with Gasteiger partial charge in [0.25, 0.3) is 0 Å². The van der Waals surface area contributed by atoms with E-state index in [9.17, 15) is 0 Å². The van der Waals surface area contributed by atoms with Crippen LogP contribution in [0.25, 0.3) is 0 Å². The van der Waals surface area contributed by atoms with Crippen LogP contribution >= 0.6 is 24.0 Å². The van der Waals surface area contributed by atoms with Crippen LogP contribution in [0.1, 0.15) is 30.7 Å². The zero-order chi connectivity index (χ0) is 16.3. The van der Waals surface area contributed by atoms with Crippen molar-refractivity contribution in [2.24, 2.45) is 4.99 Å². The van der Waals surface area contributed by atoms with Crippen molar-refractivity contribution in [2.45, 2.75) is 26.0 Å². The molecule has 1 unspecified atom stereocenters. The van der Waals surface area contributed by atoms with Gasteiger partial charge in [0, 0.05) is 26.3 Å². The number of aromatic nitrogens is 1. The lowest BCUT2D eigenvalue weighted by atomic mass is 10.1. The van der Waals surface area contributed by atoms with Gasteiger partial charge in [-0.1, -0.05) is 35.5 Å². The second-order valence-electron chi connectivity index (χ2n) is 5.12. The number of rotatable bonds is 8. The molecule has 24 heavy (non-hydrogen) atoms. The first kappa shape index (κ1) is 20.4. The third-order valence-electron chi connectivity index (χ3n) is 3.40. The van der Waals surface area contributed by atoms with Gasteiger partial charge >= 0.3 is 0 Å². The average Bonchev–Trinajstić information content (AvgIpc) is 3.11. The molecule has 0 bridgehead atoms. The number of nitrogens with one attached hydrogen (secondary N) is 2. The van der Waals surface area contributed by atoms with Gasteiger partial charge < -0.3 is 19.9 Å². The smallest absolute Gasteiger partial charge is 0.191 e. The van der Waals surface area contributed by atoms with E-state index in [-0.39, 0.29) is 30.1 Å².